The van der Waals surface area contributed by atoms with E-state index in [1.807, 2.05) is 30.3 Å². The van der Waals surface area contributed by atoms with Gasteiger partial charge in [-0.15, -0.1) is 0 Å². The van der Waals surface area contributed by atoms with Crippen LogP contribution in [0.4, 0.5) is 0 Å². The van der Waals surface area contributed by atoms with Crippen molar-refractivity contribution in [3.8, 4) is 11.1 Å². The number of nitrogens with two attached hydrogens (primary N) is 1. The monoisotopic (exact) mass is 373 g/mol. The van der Waals surface area contributed by atoms with Crippen molar-refractivity contribution in [1.82, 2.24) is 0 Å². The second kappa shape index (κ2) is 6.62. The normalized spacial score (nSPS) is 13.9. The molecule has 0 bridgehead atoms. The molecule has 0 saturated carbocycles. The van der Waals surface area contributed by atoms with Crippen molar-refractivity contribution in [3.05, 3.63) is 94.5 Å². The molecule has 0 saturated heterocycles. The number of carbonyl (C=O) groups excluding carboxylic acids is 1. The lowest BCUT2D eigenvalue weighted by molar-refractivity contribution is -0.145. The van der Waals surface area contributed by atoms with Crippen LogP contribution < -0.4 is 5.73 Å². The first-order valence-corrected chi connectivity index (χ1v) is 8.88. The number of carboxylic acid groups (broad SMARTS) is 1. The van der Waals surface area contributed by atoms with E-state index in [-0.39, 0.29) is 5.56 Å². The molecule has 0 aromatic heterocycles. The number of benzene rings is 3. The first-order chi connectivity index (χ1) is 13.5. The summed E-state index contributed by atoms with van der Waals surface area (Å²) in [4.78, 5) is 24.0. The van der Waals surface area contributed by atoms with E-state index in [0.717, 1.165) is 16.7 Å². The van der Waals surface area contributed by atoms with E-state index in [1.165, 1.54) is 24.8 Å². The summed E-state index contributed by atoms with van der Waals surface area (Å²) < 4.78 is 5.06. The molecule has 1 unspecified atom stereocenters. The highest BCUT2D eigenvalue weighted by Crippen LogP contribution is 2.42. The van der Waals surface area contributed by atoms with Gasteiger partial charge >= 0.3 is 11.9 Å². The Labute approximate surface area is 162 Å². The summed E-state index contributed by atoms with van der Waals surface area (Å²) in [6, 6.07) is 19.9. The number of fused-ring (bicyclic) bond motifs is 3. The van der Waals surface area contributed by atoms with E-state index >= 15 is 0 Å². The highest BCUT2D eigenvalue weighted by molar-refractivity contribution is 5.91. The fourth-order valence-corrected chi connectivity index (χ4v) is 3.95. The van der Waals surface area contributed by atoms with Crippen molar-refractivity contribution in [2.24, 2.45) is 5.73 Å². The van der Waals surface area contributed by atoms with E-state index in [0.29, 0.717) is 17.5 Å². The van der Waals surface area contributed by atoms with Gasteiger partial charge in [-0.1, -0.05) is 54.6 Å². The lowest BCUT2D eigenvalue weighted by atomic mass is 9.79. The number of esters is 1. The molecule has 3 aromatic rings. The molecule has 3 N–H and O–H groups in total. The van der Waals surface area contributed by atoms with E-state index in [9.17, 15) is 9.59 Å². The van der Waals surface area contributed by atoms with Gasteiger partial charge in [0.1, 0.15) is 0 Å². The molecule has 0 amide bonds. The van der Waals surface area contributed by atoms with Gasteiger partial charge in [0.25, 0.3) is 0 Å². The summed E-state index contributed by atoms with van der Waals surface area (Å²) in [7, 11) is 1.30. The fraction of sp³-hybridized carbons (Fsp3) is 0.130. The quantitative estimate of drug-likeness (QED) is 0.536. The zero-order valence-electron chi connectivity index (χ0n) is 15.3. The highest BCUT2D eigenvalue weighted by atomic mass is 16.5. The van der Waals surface area contributed by atoms with Crippen LogP contribution in [0.3, 0.4) is 0 Å². The molecule has 140 valence electrons. The number of hydrogen-bond acceptors (Lipinski definition) is 4. The molecule has 0 heterocycles. The van der Waals surface area contributed by atoms with Crippen molar-refractivity contribution in [2.45, 2.75) is 12.0 Å². The second-order valence-electron chi connectivity index (χ2n) is 6.85. The lowest BCUT2D eigenvalue weighted by Crippen LogP contribution is -2.47. The van der Waals surface area contributed by atoms with Crippen LogP contribution in [0.15, 0.2) is 66.7 Å². The lowest BCUT2D eigenvalue weighted by Gasteiger charge is -2.30. The predicted octanol–water partition coefficient (Wildman–Crippen LogP) is 3.33. The van der Waals surface area contributed by atoms with Gasteiger partial charge in [0.2, 0.25) is 0 Å². The van der Waals surface area contributed by atoms with E-state index in [2.05, 4.69) is 12.1 Å². The van der Waals surface area contributed by atoms with Crippen LogP contribution in [0.2, 0.25) is 0 Å². The average Bonchev–Trinajstić information content (AvgIpc) is 3.11. The molecular formula is C23H19NO4. The molecule has 1 aliphatic carbocycles. The van der Waals surface area contributed by atoms with Crippen LogP contribution in [-0.2, 0) is 21.5 Å². The van der Waals surface area contributed by atoms with Crippen LogP contribution in [-0.4, -0.2) is 24.2 Å². The minimum absolute atomic E-state index is 0.127. The minimum Gasteiger partial charge on any atom is -0.478 e. The third-order valence-electron chi connectivity index (χ3n) is 5.37. The van der Waals surface area contributed by atoms with E-state index in [1.54, 1.807) is 12.1 Å². The van der Waals surface area contributed by atoms with Gasteiger partial charge in [0, 0.05) is 0 Å². The zero-order chi connectivity index (χ0) is 19.9. The first kappa shape index (κ1) is 17.9. The maximum absolute atomic E-state index is 12.9. The number of aromatic carboxylic acids is 1. The molecular weight excluding hydrogens is 354 g/mol. The second-order valence-corrected chi connectivity index (χ2v) is 6.85. The standard InChI is InChI=1S/C23H19NO4/c1-28-22(27)23(24,16-11-9-14(10-12-16)21(25)26)20-8-4-7-18-17-6-3-2-5-15(17)13-19(18)20/h2-12H,13,24H2,1H3,(H,25,26). The Hall–Kier alpha value is -3.44. The topological polar surface area (TPSA) is 89.6 Å². The number of rotatable bonds is 4. The number of methoxy groups -OCH3 is 1. The fourth-order valence-electron chi connectivity index (χ4n) is 3.95. The Balaban J connectivity index is 1.91. The molecule has 3 aromatic carbocycles. The highest BCUT2D eigenvalue weighted by Gasteiger charge is 2.42. The number of carbonyl (C=O) groups is 2. The van der Waals surface area contributed by atoms with Crippen molar-refractivity contribution in [2.75, 3.05) is 7.11 Å². The minimum atomic E-state index is -1.54. The maximum atomic E-state index is 12.9. The third kappa shape index (κ3) is 2.60. The summed E-state index contributed by atoms with van der Waals surface area (Å²) >= 11 is 0. The van der Waals surface area contributed by atoms with Gasteiger partial charge < -0.3 is 15.6 Å². The summed E-state index contributed by atoms with van der Waals surface area (Å²) in [5.41, 5.74) is 10.8. The van der Waals surface area contributed by atoms with Gasteiger partial charge in [-0.2, -0.15) is 0 Å². The summed E-state index contributed by atoms with van der Waals surface area (Å²) in [6.07, 6.45) is 0.671. The maximum Gasteiger partial charge on any atom is 0.335 e. The van der Waals surface area contributed by atoms with Gasteiger partial charge in [-0.05, 0) is 51.9 Å². The Kier molecular flexibility index (Phi) is 4.24. The Bertz CT molecular complexity index is 1090. The molecule has 5 nitrogen and oxygen atoms in total. The van der Waals surface area contributed by atoms with E-state index in [4.69, 9.17) is 15.6 Å². The summed E-state index contributed by atoms with van der Waals surface area (Å²) in [6.45, 7) is 0. The van der Waals surface area contributed by atoms with Gasteiger partial charge in [-0.25, -0.2) is 9.59 Å². The smallest absolute Gasteiger partial charge is 0.335 e. The Morgan fingerprint density at radius 3 is 2.32 bits per heavy atom. The first-order valence-electron chi connectivity index (χ1n) is 8.88. The van der Waals surface area contributed by atoms with Crippen molar-refractivity contribution < 1.29 is 19.4 Å². The van der Waals surface area contributed by atoms with Crippen LogP contribution in [0, 0.1) is 0 Å². The van der Waals surface area contributed by atoms with Crippen LogP contribution in [0.5, 0.6) is 0 Å². The number of hydrogen-bond donors (Lipinski definition) is 2. The summed E-state index contributed by atoms with van der Waals surface area (Å²) in [5.74, 6) is -1.64. The number of carboxylic acids is 1. The molecule has 0 aliphatic heterocycles. The molecule has 1 aliphatic rings. The van der Waals surface area contributed by atoms with Crippen molar-refractivity contribution >= 4 is 11.9 Å². The SMILES string of the molecule is COC(=O)C(N)(c1ccc(C(=O)O)cc1)c1cccc2c1Cc1ccccc1-2. The molecule has 0 radical (unpaired) electrons. The van der Waals surface area contributed by atoms with Crippen LogP contribution in [0.25, 0.3) is 11.1 Å². The molecule has 0 fully saturated rings. The van der Waals surface area contributed by atoms with Crippen molar-refractivity contribution in [1.29, 1.82) is 0 Å². The Morgan fingerprint density at radius 1 is 0.964 bits per heavy atom. The Morgan fingerprint density at radius 2 is 1.64 bits per heavy atom. The van der Waals surface area contributed by atoms with Gasteiger partial charge in [-0.3, -0.25) is 0 Å². The van der Waals surface area contributed by atoms with E-state index < -0.39 is 17.5 Å². The third-order valence-corrected chi connectivity index (χ3v) is 5.37. The van der Waals surface area contributed by atoms with Crippen LogP contribution >= 0.6 is 0 Å². The molecule has 0 spiro atoms. The number of ether oxygens (including phenoxy) is 1. The van der Waals surface area contributed by atoms with Crippen LogP contribution in [0.1, 0.15) is 32.6 Å². The largest absolute Gasteiger partial charge is 0.478 e. The van der Waals surface area contributed by atoms with Gasteiger partial charge in [0.05, 0.1) is 12.7 Å². The predicted molar refractivity (Wildman–Crippen MR) is 105 cm³/mol. The molecule has 4 rings (SSSR count). The van der Waals surface area contributed by atoms with Gasteiger partial charge in [0.15, 0.2) is 5.54 Å². The average molecular weight is 373 g/mol. The molecule has 1 atom stereocenters. The molecule has 28 heavy (non-hydrogen) atoms. The molecule has 5 heteroatoms. The zero-order valence-corrected chi connectivity index (χ0v) is 15.3. The summed E-state index contributed by atoms with van der Waals surface area (Å²) in [5, 5.41) is 9.15. The van der Waals surface area contributed by atoms with Crippen molar-refractivity contribution in [3.63, 3.8) is 0 Å².